The molecule has 0 amide bonds. The molecule has 4 rings (SSSR count). The van der Waals surface area contributed by atoms with Crippen molar-refractivity contribution in [3.63, 3.8) is 0 Å². The van der Waals surface area contributed by atoms with Crippen LogP contribution in [-0.2, 0) is 19.9 Å². The van der Waals surface area contributed by atoms with Crippen LogP contribution < -0.4 is 10.2 Å². The van der Waals surface area contributed by atoms with Crippen LogP contribution >= 0.6 is 11.8 Å². The van der Waals surface area contributed by atoms with Crippen molar-refractivity contribution in [1.29, 1.82) is 0 Å². The summed E-state index contributed by atoms with van der Waals surface area (Å²) < 4.78 is 31.0. The summed E-state index contributed by atoms with van der Waals surface area (Å²) in [5.41, 5.74) is 1.80. The molecule has 6 nitrogen and oxygen atoms in total. The van der Waals surface area contributed by atoms with E-state index in [9.17, 15) is 8.42 Å². The summed E-state index contributed by atoms with van der Waals surface area (Å²) in [6.07, 6.45) is 1.66. The summed E-state index contributed by atoms with van der Waals surface area (Å²) in [7, 11) is 0.234. The normalized spacial score (nSPS) is 23.9. The lowest BCUT2D eigenvalue weighted by molar-refractivity contribution is 0.0311. The third kappa shape index (κ3) is 4.17. The van der Waals surface area contributed by atoms with Gasteiger partial charge >= 0.3 is 0 Å². The van der Waals surface area contributed by atoms with E-state index >= 15 is 0 Å². The van der Waals surface area contributed by atoms with Gasteiger partial charge < -0.3 is 15.1 Å². The van der Waals surface area contributed by atoms with Crippen molar-refractivity contribution in [3.05, 3.63) is 77.0 Å². The lowest BCUT2D eigenvalue weighted by Gasteiger charge is -2.39. The summed E-state index contributed by atoms with van der Waals surface area (Å²) in [5, 5.41) is 5.71. The maximum Gasteiger partial charge on any atom is 0.265 e. The van der Waals surface area contributed by atoms with Crippen LogP contribution in [0.3, 0.4) is 0 Å². The molecule has 2 aromatic rings. The number of anilines is 1. The standard InChI is InChI=1S/C22H27N3O3S2/c1-24(2)19-11-9-18(10-12-19)22(28-30(3,26)27)13-14-25-16-29-15-20(25)23-21(22)17-7-5-4-6-8-17/h4-12,15,21,23H,13-14,16H2,1-3H3. The molecule has 2 aromatic carbocycles. The first-order valence-corrected chi connectivity index (χ1v) is 12.7. The van der Waals surface area contributed by atoms with Crippen LogP contribution in [0.5, 0.6) is 0 Å². The Kier molecular flexibility index (Phi) is 5.74. The maximum atomic E-state index is 12.5. The van der Waals surface area contributed by atoms with Crippen LogP contribution in [0.2, 0.25) is 0 Å². The molecule has 30 heavy (non-hydrogen) atoms. The van der Waals surface area contributed by atoms with Gasteiger partial charge in [0.05, 0.1) is 18.2 Å². The Balaban J connectivity index is 1.89. The third-order valence-electron chi connectivity index (χ3n) is 5.58. The van der Waals surface area contributed by atoms with Gasteiger partial charge in [0, 0.05) is 38.2 Å². The van der Waals surface area contributed by atoms with E-state index in [1.54, 1.807) is 11.8 Å². The number of rotatable bonds is 5. The van der Waals surface area contributed by atoms with Gasteiger partial charge in [-0.3, -0.25) is 4.18 Å². The Morgan fingerprint density at radius 1 is 1.13 bits per heavy atom. The van der Waals surface area contributed by atoms with Crippen molar-refractivity contribution in [3.8, 4) is 0 Å². The molecule has 160 valence electrons. The van der Waals surface area contributed by atoms with Gasteiger partial charge in [0.2, 0.25) is 0 Å². The zero-order valence-electron chi connectivity index (χ0n) is 17.4. The van der Waals surface area contributed by atoms with Crippen molar-refractivity contribution in [2.75, 3.05) is 37.7 Å². The van der Waals surface area contributed by atoms with Gasteiger partial charge in [0.1, 0.15) is 11.4 Å². The highest BCUT2D eigenvalue weighted by molar-refractivity contribution is 8.02. The highest BCUT2D eigenvalue weighted by Crippen LogP contribution is 2.46. The zero-order chi connectivity index (χ0) is 21.4. The predicted octanol–water partition coefficient (Wildman–Crippen LogP) is 3.46. The second kappa shape index (κ2) is 8.17. The average molecular weight is 446 g/mol. The van der Waals surface area contributed by atoms with E-state index < -0.39 is 15.7 Å². The van der Waals surface area contributed by atoms with Crippen LogP contribution in [0.1, 0.15) is 23.6 Å². The first-order chi connectivity index (χ1) is 14.3. The summed E-state index contributed by atoms with van der Waals surface area (Å²) in [5.74, 6) is 1.86. The Morgan fingerprint density at radius 3 is 2.47 bits per heavy atom. The van der Waals surface area contributed by atoms with Gasteiger partial charge in [-0.05, 0) is 23.3 Å². The van der Waals surface area contributed by atoms with E-state index in [4.69, 9.17) is 4.18 Å². The van der Waals surface area contributed by atoms with Crippen LogP contribution in [-0.4, -0.2) is 46.1 Å². The topological polar surface area (TPSA) is 61.9 Å². The SMILES string of the molecule is CN(C)c1ccc(C2(OS(C)(=O)=O)CCN3CSC=C3NC2c2ccccc2)cc1. The van der Waals surface area contributed by atoms with E-state index in [1.807, 2.05) is 73.6 Å². The van der Waals surface area contributed by atoms with Crippen molar-refractivity contribution >= 4 is 27.6 Å². The molecular formula is C22H27N3O3S2. The Labute approximate surface area is 183 Å². The van der Waals surface area contributed by atoms with E-state index in [1.165, 1.54) is 0 Å². The smallest absolute Gasteiger partial charge is 0.265 e. The number of fused-ring (bicyclic) bond motifs is 1. The number of hydrogen-bond acceptors (Lipinski definition) is 7. The Hall–Kier alpha value is -2.16. The molecule has 0 spiro atoms. The molecule has 0 aromatic heterocycles. The molecule has 8 heteroatoms. The molecule has 2 atom stereocenters. The lowest BCUT2D eigenvalue weighted by atomic mass is 9.80. The molecule has 1 saturated heterocycles. The minimum Gasteiger partial charge on any atom is -0.378 e. The molecule has 1 N–H and O–H groups in total. The second-order valence-electron chi connectivity index (χ2n) is 7.92. The Bertz CT molecular complexity index is 1020. The fourth-order valence-electron chi connectivity index (χ4n) is 4.13. The number of benzene rings is 2. The molecule has 1 fully saturated rings. The molecule has 2 aliphatic rings. The molecule has 2 aliphatic heterocycles. The number of nitrogens with zero attached hydrogens (tertiary/aromatic N) is 2. The highest BCUT2D eigenvalue weighted by atomic mass is 32.2. The Morgan fingerprint density at radius 2 is 1.83 bits per heavy atom. The molecule has 0 bridgehead atoms. The summed E-state index contributed by atoms with van der Waals surface area (Å²) in [4.78, 5) is 4.26. The van der Waals surface area contributed by atoms with Crippen molar-refractivity contribution in [1.82, 2.24) is 10.2 Å². The highest BCUT2D eigenvalue weighted by Gasteiger charge is 2.48. The van der Waals surface area contributed by atoms with E-state index in [2.05, 4.69) is 15.6 Å². The van der Waals surface area contributed by atoms with Crippen LogP contribution in [0, 0.1) is 0 Å². The fourth-order valence-corrected chi connectivity index (χ4v) is 5.84. The first-order valence-electron chi connectivity index (χ1n) is 9.85. The van der Waals surface area contributed by atoms with Crippen molar-refractivity contribution in [2.45, 2.75) is 18.1 Å². The molecule has 0 aliphatic carbocycles. The van der Waals surface area contributed by atoms with Gasteiger partial charge in [-0.1, -0.05) is 42.5 Å². The van der Waals surface area contributed by atoms with Gasteiger partial charge in [-0.2, -0.15) is 8.42 Å². The molecule has 2 unspecified atom stereocenters. The van der Waals surface area contributed by atoms with E-state index in [0.717, 1.165) is 34.8 Å². The molecule has 0 radical (unpaired) electrons. The molecule has 0 saturated carbocycles. The van der Waals surface area contributed by atoms with Crippen LogP contribution in [0.25, 0.3) is 0 Å². The first kappa shape index (κ1) is 21.1. The van der Waals surface area contributed by atoms with Gasteiger partial charge in [-0.25, -0.2) is 0 Å². The third-order valence-corrected chi connectivity index (χ3v) is 7.03. The average Bonchev–Trinajstić information content (AvgIpc) is 3.10. The maximum absolute atomic E-state index is 12.5. The fraction of sp³-hybridized carbons (Fsp3) is 0.364. The number of hydrogen-bond donors (Lipinski definition) is 1. The second-order valence-corrected chi connectivity index (χ2v) is 10.3. The minimum absolute atomic E-state index is 0.367. The number of thioether (sulfide) groups is 1. The van der Waals surface area contributed by atoms with E-state index in [0.29, 0.717) is 13.0 Å². The predicted molar refractivity (Wildman–Crippen MR) is 123 cm³/mol. The summed E-state index contributed by atoms with van der Waals surface area (Å²) in [6.45, 7) is 0.695. The monoisotopic (exact) mass is 445 g/mol. The van der Waals surface area contributed by atoms with Gasteiger partial charge in [-0.15, -0.1) is 11.8 Å². The molecular weight excluding hydrogens is 418 g/mol. The van der Waals surface area contributed by atoms with E-state index in [-0.39, 0.29) is 6.04 Å². The van der Waals surface area contributed by atoms with Crippen molar-refractivity contribution in [2.24, 2.45) is 0 Å². The molecule has 2 heterocycles. The quantitative estimate of drug-likeness (QED) is 0.707. The van der Waals surface area contributed by atoms with Gasteiger partial charge in [0.15, 0.2) is 0 Å². The zero-order valence-corrected chi connectivity index (χ0v) is 19.0. The van der Waals surface area contributed by atoms with Gasteiger partial charge in [0.25, 0.3) is 10.1 Å². The summed E-state index contributed by atoms with van der Waals surface area (Å²) >= 11 is 1.74. The summed E-state index contributed by atoms with van der Waals surface area (Å²) in [6, 6.07) is 17.5. The van der Waals surface area contributed by atoms with Crippen molar-refractivity contribution < 1.29 is 12.6 Å². The van der Waals surface area contributed by atoms with Crippen LogP contribution in [0.15, 0.2) is 65.8 Å². The van der Waals surface area contributed by atoms with Crippen LogP contribution in [0.4, 0.5) is 5.69 Å². The minimum atomic E-state index is -3.73. The largest absolute Gasteiger partial charge is 0.378 e. The lowest BCUT2D eigenvalue weighted by Crippen LogP contribution is -2.44. The number of nitrogens with one attached hydrogen (secondary N) is 1.